The molecule has 7 heteroatoms. The number of sulfonamides is 1. The van der Waals surface area contributed by atoms with E-state index >= 15 is 0 Å². The number of hydrogen-bond acceptors (Lipinski definition) is 5. The zero-order valence-electron chi connectivity index (χ0n) is 13.2. The first-order valence-electron chi connectivity index (χ1n) is 7.17. The number of nitrogens with zero attached hydrogens (tertiary/aromatic N) is 2. The summed E-state index contributed by atoms with van der Waals surface area (Å²) in [7, 11) is -3.65. The molecule has 120 valence electrons. The lowest BCUT2D eigenvalue weighted by Crippen LogP contribution is -2.30. The molecule has 0 amide bonds. The highest BCUT2D eigenvalue weighted by Gasteiger charge is 2.26. The SMILES string of the molecule is Cc1nnc(C(CC(C)C)NS(=O)(=O)c2ccccc2C)o1. The fraction of sp³-hybridized carbons (Fsp3) is 0.467. The van der Waals surface area contributed by atoms with Crippen LogP contribution in [0.1, 0.15) is 43.7 Å². The van der Waals surface area contributed by atoms with Gasteiger partial charge in [0.15, 0.2) is 0 Å². The highest BCUT2D eigenvalue weighted by Crippen LogP contribution is 2.24. The highest BCUT2D eigenvalue weighted by molar-refractivity contribution is 7.89. The summed E-state index contributed by atoms with van der Waals surface area (Å²) in [4.78, 5) is 0.264. The summed E-state index contributed by atoms with van der Waals surface area (Å²) in [6.07, 6.45) is 0.576. The highest BCUT2D eigenvalue weighted by atomic mass is 32.2. The Morgan fingerprint density at radius 2 is 1.86 bits per heavy atom. The zero-order chi connectivity index (χ0) is 16.3. The molecule has 0 bridgehead atoms. The monoisotopic (exact) mass is 323 g/mol. The van der Waals surface area contributed by atoms with Gasteiger partial charge in [0.2, 0.25) is 21.8 Å². The molecule has 1 unspecified atom stereocenters. The molecule has 0 radical (unpaired) electrons. The average molecular weight is 323 g/mol. The third kappa shape index (κ3) is 3.92. The normalized spacial score (nSPS) is 13.5. The van der Waals surface area contributed by atoms with Crippen LogP contribution in [0, 0.1) is 19.8 Å². The van der Waals surface area contributed by atoms with E-state index in [0.29, 0.717) is 23.8 Å². The van der Waals surface area contributed by atoms with Gasteiger partial charge in [-0.15, -0.1) is 10.2 Å². The van der Waals surface area contributed by atoms with Gasteiger partial charge in [-0.25, -0.2) is 8.42 Å². The molecule has 1 atom stereocenters. The Balaban J connectivity index is 2.32. The topological polar surface area (TPSA) is 85.1 Å². The number of aryl methyl sites for hydroxylation is 2. The van der Waals surface area contributed by atoms with Crippen molar-refractivity contribution in [2.75, 3.05) is 0 Å². The minimum atomic E-state index is -3.65. The van der Waals surface area contributed by atoms with E-state index < -0.39 is 16.1 Å². The fourth-order valence-corrected chi connectivity index (χ4v) is 3.68. The van der Waals surface area contributed by atoms with Gasteiger partial charge < -0.3 is 4.42 Å². The number of nitrogens with one attached hydrogen (secondary N) is 1. The fourth-order valence-electron chi connectivity index (χ4n) is 2.23. The van der Waals surface area contributed by atoms with Crippen LogP contribution in [0.4, 0.5) is 0 Å². The van der Waals surface area contributed by atoms with Crippen LogP contribution in [0.15, 0.2) is 33.6 Å². The van der Waals surface area contributed by atoms with E-state index in [9.17, 15) is 8.42 Å². The molecule has 0 aliphatic carbocycles. The molecule has 1 aromatic carbocycles. The van der Waals surface area contributed by atoms with Crippen LogP contribution < -0.4 is 4.72 Å². The van der Waals surface area contributed by atoms with Gasteiger partial charge in [-0.2, -0.15) is 4.72 Å². The van der Waals surface area contributed by atoms with Crippen molar-refractivity contribution in [3.63, 3.8) is 0 Å². The maximum atomic E-state index is 12.6. The molecule has 0 spiro atoms. The van der Waals surface area contributed by atoms with Crippen molar-refractivity contribution in [2.24, 2.45) is 5.92 Å². The average Bonchev–Trinajstić information content (AvgIpc) is 2.84. The van der Waals surface area contributed by atoms with E-state index in [1.165, 1.54) is 0 Å². The van der Waals surface area contributed by atoms with Crippen molar-refractivity contribution in [2.45, 2.75) is 45.1 Å². The van der Waals surface area contributed by atoms with Crippen LogP contribution in [-0.4, -0.2) is 18.6 Å². The lowest BCUT2D eigenvalue weighted by molar-refractivity contribution is 0.372. The third-order valence-corrected chi connectivity index (χ3v) is 4.86. The van der Waals surface area contributed by atoms with Crippen LogP contribution in [-0.2, 0) is 10.0 Å². The number of aromatic nitrogens is 2. The second-order valence-electron chi connectivity index (χ2n) is 5.73. The van der Waals surface area contributed by atoms with Gasteiger partial charge in [-0.3, -0.25) is 0 Å². The minimum Gasteiger partial charge on any atom is -0.424 e. The summed E-state index contributed by atoms with van der Waals surface area (Å²) in [5.74, 6) is 0.985. The third-order valence-electron chi connectivity index (χ3n) is 3.23. The first kappa shape index (κ1) is 16.6. The molecule has 2 aromatic rings. The predicted molar refractivity (Wildman–Crippen MR) is 82.7 cm³/mol. The van der Waals surface area contributed by atoms with Crippen LogP contribution in [0.25, 0.3) is 0 Å². The van der Waals surface area contributed by atoms with Crippen LogP contribution in [0.3, 0.4) is 0 Å². The molecular formula is C15H21N3O3S. The van der Waals surface area contributed by atoms with E-state index in [4.69, 9.17) is 4.42 Å². The summed E-state index contributed by atoms with van der Waals surface area (Å²) >= 11 is 0. The van der Waals surface area contributed by atoms with Gasteiger partial charge in [0.25, 0.3) is 0 Å². The quantitative estimate of drug-likeness (QED) is 0.883. The Morgan fingerprint density at radius 1 is 1.18 bits per heavy atom. The second kappa shape index (κ2) is 6.58. The van der Waals surface area contributed by atoms with E-state index in [1.54, 1.807) is 38.1 Å². The smallest absolute Gasteiger partial charge is 0.241 e. The molecule has 0 saturated carbocycles. The summed E-state index contributed by atoms with van der Waals surface area (Å²) in [5.41, 5.74) is 0.694. The molecule has 0 aliphatic heterocycles. The summed E-state index contributed by atoms with van der Waals surface area (Å²) in [6, 6.07) is 6.33. The minimum absolute atomic E-state index is 0.264. The van der Waals surface area contributed by atoms with Crippen molar-refractivity contribution < 1.29 is 12.8 Å². The molecule has 6 nitrogen and oxygen atoms in total. The van der Waals surface area contributed by atoms with Crippen molar-refractivity contribution >= 4 is 10.0 Å². The molecule has 2 rings (SSSR count). The summed E-state index contributed by atoms with van der Waals surface area (Å²) in [6.45, 7) is 7.47. The van der Waals surface area contributed by atoms with Gasteiger partial charge >= 0.3 is 0 Å². The van der Waals surface area contributed by atoms with Gasteiger partial charge in [0.1, 0.15) is 6.04 Å². The van der Waals surface area contributed by atoms with Crippen LogP contribution in [0.5, 0.6) is 0 Å². The zero-order valence-corrected chi connectivity index (χ0v) is 14.0. The molecule has 1 heterocycles. The van der Waals surface area contributed by atoms with Gasteiger partial charge in [-0.1, -0.05) is 32.0 Å². The molecule has 0 aliphatic rings. The first-order chi connectivity index (χ1) is 10.3. The van der Waals surface area contributed by atoms with E-state index in [1.807, 2.05) is 13.8 Å². The van der Waals surface area contributed by atoms with Crippen molar-refractivity contribution in [1.82, 2.24) is 14.9 Å². The maximum Gasteiger partial charge on any atom is 0.241 e. The number of hydrogen-bond donors (Lipinski definition) is 1. The lowest BCUT2D eigenvalue weighted by atomic mass is 10.0. The van der Waals surface area contributed by atoms with Gasteiger partial charge in [0.05, 0.1) is 4.90 Å². The largest absolute Gasteiger partial charge is 0.424 e. The van der Waals surface area contributed by atoms with Crippen LogP contribution >= 0.6 is 0 Å². The van der Waals surface area contributed by atoms with E-state index in [-0.39, 0.29) is 10.8 Å². The molecular weight excluding hydrogens is 302 g/mol. The molecule has 0 saturated heterocycles. The van der Waals surface area contributed by atoms with Crippen LogP contribution in [0.2, 0.25) is 0 Å². The first-order valence-corrected chi connectivity index (χ1v) is 8.66. The summed E-state index contributed by atoms with van der Waals surface area (Å²) in [5, 5.41) is 7.74. The molecule has 0 fully saturated rings. The summed E-state index contributed by atoms with van der Waals surface area (Å²) < 4.78 is 33.3. The van der Waals surface area contributed by atoms with E-state index in [0.717, 1.165) is 0 Å². The Hall–Kier alpha value is -1.73. The van der Waals surface area contributed by atoms with Crippen molar-refractivity contribution in [3.8, 4) is 0 Å². The molecule has 1 N–H and O–H groups in total. The second-order valence-corrected chi connectivity index (χ2v) is 7.41. The number of rotatable bonds is 6. The van der Waals surface area contributed by atoms with Gasteiger partial charge in [0, 0.05) is 6.92 Å². The Kier molecular flexibility index (Phi) is 4.97. The predicted octanol–water partition coefficient (Wildman–Crippen LogP) is 2.75. The Labute approximate surface area is 131 Å². The maximum absolute atomic E-state index is 12.6. The van der Waals surface area contributed by atoms with Crippen molar-refractivity contribution in [3.05, 3.63) is 41.6 Å². The van der Waals surface area contributed by atoms with Gasteiger partial charge in [-0.05, 0) is 30.9 Å². The Morgan fingerprint density at radius 3 is 2.41 bits per heavy atom. The Bertz CT molecular complexity index is 738. The lowest BCUT2D eigenvalue weighted by Gasteiger charge is -2.18. The van der Waals surface area contributed by atoms with Crippen molar-refractivity contribution in [1.29, 1.82) is 0 Å². The standard InChI is InChI=1S/C15H21N3O3S/c1-10(2)9-13(15-17-16-12(4)21-15)18-22(19,20)14-8-6-5-7-11(14)3/h5-8,10,13,18H,9H2,1-4H3. The number of benzene rings is 1. The molecule has 22 heavy (non-hydrogen) atoms. The van der Waals surface area contributed by atoms with E-state index in [2.05, 4.69) is 14.9 Å². The molecule has 1 aromatic heterocycles.